The molecule has 0 aliphatic rings. The summed E-state index contributed by atoms with van der Waals surface area (Å²) in [5.74, 6) is 1.86. The Hall–Kier alpha value is -1.74. The fourth-order valence-electron chi connectivity index (χ4n) is 2.42. The minimum Gasteiger partial charge on any atom is -0.496 e. The number of nitrogens with one attached hydrogen (secondary N) is 1. The maximum Gasteiger partial charge on any atom is 0.127 e. The summed E-state index contributed by atoms with van der Waals surface area (Å²) in [6.45, 7) is 7.28. The Morgan fingerprint density at radius 3 is 2.65 bits per heavy atom. The summed E-state index contributed by atoms with van der Waals surface area (Å²) in [6, 6.07) is 8.21. The molecular weight excluding hydrogens is 250 g/mol. The van der Waals surface area contributed by atoms with Crippen molar-refractivity contribution in [1.29, 1.82) is 0 Å². The zero-order chi connectivity index (χ0) is 14.5. The molecule has 3 nitrogen and oxygen atoms in total. The molecule has 0 saturated heterocycles. The van der Waals surface area contributed by atoms with Gasteiger partial charge in [0.1, 0.15) is 11.5 Å². The molecule has 0 spiro atoms. The second-order valence-corrected chi connectivity index (χ2v) is 5.03. The number of hydrogen-bond donors (Lipinski definition) is 1. The van der Waals surface area contributed by atoms with E-state index in [2.05, 4.69) is 38.2 Å². The Morgan fingerprint density at radius 1 is 1.25 bits per heavy atom. The standard InChI is InChI=1S/C17H23NO2/c1-5-10-18-16(15-7-6-11-20-15)14-9-8-12(2)13(3)17(14)19-4/h6-9,11,16,18H,5,10H2,1-4H3. The summed E-state index contributed by atoms with van der Waals surface area (Å²) in [6.07, 6.45) is 2.79. The Labute approximate surface area is 121 Å². The molecule has 0 aliphatic carbocycles. The van der Waals surface area contributed by atoms with Crippen molar-refractivity contribution in [2.45, 2.75) is 33.2 Å². The van der Waals surface area contributed by atoms with E-state index in [1.807, 2.05) is 12.1 Å². The van der Waals surface area contributed by atoms with Gasteiger partial charge in [-0.05, 0) is 50.1 Å². The molecule has 1 aromatic heterocycles. The molecule has 2 rings (SSSR count). The number of rotatable bonds is 6. The normalized spacial score (nSPS) is 12.4. The van der Waals surface area contributed by atoms with E-state index in [-0.39, 0.29) is 6.04 Å². The van der Waals surface area contributed by atoms with Gasteiger partial charge in [0.2, 0.25) is 0 Å². The molecule has 108 valence electrons. The van der Waals surface area contributed by atoms with Crippen LogP contribution < -0.4 is 10.1 Å². The van der Waals surface area contributed by atoms with E-state index in [0.717, 1.165) is 30.0 Å². The topological polar surface area (TPSA) is 34.4 Å². The summed E-state index contributed by atoms with van der Waals surface area (Å²) in [4.78, 5) is 0. The van der Waals surface area contributed by atoms with Crippen LogP contribution in [0.5, 0.6) is 5.75 Å². The average molecular weight is 273 g/mol. The van der Waals surface area contributed by atoms with Crippen molar-refractivity contribution in [2.75, 3.05) is 13.7 Å². The molecule has 0 radical (unpaired) electrons. The van der Waals surface area contributed by atoms with Crippen LogP contribution >= 0.6 is 0 Å². The van der Waals surface area contributed by atoms with Gasteiger partial charge in [0.15, 0.2) is 0 Å². The van der Waals surface area contributed by atoms with Gasteiger partial charge in [-0.15, -0.1) is 0 Å². The Bertz CT molecular complexity index is 546. The summed E-state index contributed by atoms with van der Waals surface area (Å²) in [7, 11) is 1.73. The number of ether oxygens (including phenoxy) is 1. The van der Waals surface area contributed by atoms with Crippen molar-refractivity contribution in [3.8, 4) is 5.75 Å². The van der Waals surface area contributed by atoms with Gasteiger partial charge in [-0.2, -0.15) is 0 Å². The highest BCUT2D eigenvalue weighted by Crippen LogP contribution is 2.34. The smallest absolute Gasteiger partial charge is 0.127 e. The van der Waals surface area contributed by atoms with E-state index >= 15 is 0 Å². The highest BCUT2D eigenvalue weighted by molar-refractivity contribution is 5.48. The third kappa shape index (κ3) is 2.88. The molecule has 0 saturated carbocycles. The zero-order valence-electron chi connectivity index (χ0n) is 12.7. The number of methoxy groups -OCH3 is 1. The maximum atomic E-state index is 5.63. The van der Waals surface area contributed by atoms with E-state index in [1.165, 1.54) is 11.1 Å². The van der Waals surface area contributed by atoms with Crippen LogP contribution in [0.3, 0.4) is 0 Å². The van der Waals surface area contributed by atoms with Crippen LogP contribution in [-0.4, -0.2) is 13.7 Å². The molecule has 1 atom stereocenters. The molecule has 20 heavy (non-hydrogen) atoms. The van der Waals surface area contributed by atoms with Gasteiger partial charge in [0.25, 0.3) is 0 Å². The lowest BCUT2D eigenvalue weighted by atomic mass is 9.97. The molecule has 3 heteroatoms. The summed E-state index contributed by atoms with van der Waals surface area (Å²) in [5, 5.41) is 3.54. The van der Waals surface area contributed by atoms with Crippen molar-refractivity contribution >= 4 is 0 Å². The van der Waals surface area contributed by atoms with Crippen molar-refractivity contribution in [1.82, 2.24) is 5.32 Å². The van der Waals surface area contributed by atoms with E-state index < -0.39 is 0 Å². The van der Waals surface area contributed by atoms with Crippen molar-refractivity contribution in [3.63, 3.8) is 0 Å². The molecule has 1 N–H and O–H groups in total. The Balaban J connectivity index is 2.46. The second-order valence-electron chi connectivity index (χ2n) is 5.03. The van der Waals surface area contributed by atoms with Gasteiger partial charge < -0.3 is 14.5 Å². The molecule has 0 bridgehead atoms. The number of aryl methyl sites for hydroxylation is 1. The first-order chi connectivity index (χ1) is 9.69. The predicted octanol–water partition coefficient (Wildman–Crippen LogP) is 3.99. The number of benzene rings is 1. The molecule has 2 aromatic rings. The van der Waals surface area contributed by atoms with Crippen LogP contribution in [0, 0.1) is 13.8 Å². The van der Waals surface area contributed by atoms with Crippen molar-refractivity contribution < 1.29 is 9.15 Å². The SMILES string of the molecule is CCCNC(c1ccco1)c1ccc(C)c(C)c1OC. The largest absolute Gasteiger partial charge is 0.496 e. The first-order valence-electron chi connectivity index (χ1n) is 7.09. The van der Waals surface area contributed by atoms with Gasteiger partial charge in [-0.25, -0.2) is 0 Å². The fraction of sp³-hybridized carbons (Fsp3) is 0.412. The Kier molecular flexibility index (Phi) is 4.85. The van der Waals surface area contributed by atoms with E-state index in [0.29, 0.717) is 0 Å². The summed E-state index contributed by atoms with van der Waals surface area (Å²) < 4.78 is 11.2. The predicted molar refractivity (Wildman–Crippen MR) is 81.3 cm³/mol. The minimum absolute atomic E-state index is 0.0270. The quantitative estimate of drug-likeness (QED) is 0.864. The number of furan rings is 1. The molecule has 0 fully saturated rings. The molecule has 0 aliphatic heterocycles. The lowest BCUT2D eigenvalue weighted by molar-refractivity contribution is 0.389. The van der Waals surface area contributed by atoms with Gasteiger partial charge in [0.05, 0.1) is 19.4 Å². The third-order valence-electron chi connectivity index (χ3n) is 3.65. The fourth-order valence-corrected chi connectivity index (χ4v) is 2.42. The van der Waals surface area contributed by atoms with Crippen molar-refractivity contribution in [3.05, 3.63) is 53.0 Å². The van der Waals surface area contributed by atoms with Crippen molar-refractivity contribution in [2.24, 2.45) is 0 Å². The van der Waals surface area contributed by atoms with Crippen LogP contribution in [-0.2, 0) is 0 Å². The lowest BCUT2D eigenvalue weighted by Gasteiger charge is -2.21. The lowest BCUT2D eigenvalue weighted by Crippen LogP contribution is -2.23. The highest BCUT2D eigenvalue weighted by Gasteiger charge is 2.21. The maximum absolute atomic E-state index is 5.63. The zero-order valence-corrected chi connectivity index (χ0v) is 12.7. The van der Waals surface area contributed by atoms with Crippen LogP contribution in [0.1, 0.15) is 41.8 Å². The van der Waals surface area contributed by atoms with E-state index in [9.17, 15) is 0 Å². The molecule has 1 unspecified atom stereocenters. The van der Waals surface area contributed by atoms with Crippen LogP contribution in [0.25, 0.3) is 0 Å². The minimum atomic E-state index is 0.0270. The Morgan fingerprint density at radius 2 is 2.05 bits per heavy atom. The molecular formula is C17H23NO2. The third-order valence-corrected chi connectivity index (χ3v) is 3.65. The molecule has 0 amide bonds. The average Bonchev–Trinajstić information content (AvgIpc) is 2.97. The second kappa shape index (κ2) is 6.62. The molecule has 1 aromatic carbocycles. The monoisotopic (exact) mass is 273 g/mol. The van der Waals surface area contributed by atoms with E-state index in [1.54, 1.807) is 13.4 Å². The van der Waals surface area contributed by atoms with Crippen LogP contribution in [0.15, 0.2) is 34.9 Å². The summed E-state index contributed by atoms with van der Waals surface area (Å²) in [5.41, 5.74) is 3.54. The first-order valence-corrected chi connectivity index (χ1v) is 7.09. The van der Waals surface area contributed by atoms with Gasteiger partial charge in [-0.3, -0.25) is 0 Å². The van der Waals surface area contributed by atoms with E-state index in [4.69, 9.17) is 9.15 Å². The van der Waals surface area contributed by atoms with Gasteiger partial charge in [-0.1, -0.05) is 19.1 Å². The van der Waals surface area contributed by atoms with Gasteiger partial charge in [0, 0.05) is 5.56 Å². The first kappa shape index (κ1) is 14.7. The van der Waals surface area contributed by atoms with Crippen LogP contribution in [0.2, 0.25) is 0 Å². The van der Waals surface area contributed by atoms with Crippen LogP contribution in [0.4, 0.5) is 0 Å². The highest BCUT2D eigenvalue weighted by atomic mass is 16.5. The molecule has 1 heterocycles. The van der Waals surface area contributed by atoms with Gasteiger partial charge >= 0.3 is 0 Å². The summed E-state index contributed by atoms with van der Waals surface area (Å²) >= 11 is 0. The number of hydrogen-bond acceptors (Lipinski definition) is 3.